The van der Waals surface area contributed by atoms with Crippen molar-refractivity contribution < 1.29 is 8.78 Å². The molecule has 0 aliphatic carbocycles. The largest absolute Gasteiger partial charge is 0.314 e. The Bertz CT molecular complexity index is 262. The molecule has 1 heterocycles. The highest BCUT2D eigenvalue weighted by molar-refractivity contribution is 7.16. The first-order valence-electron chi connectivity index (χ1n) is 3.34. The van der Waals surface area contributed by atoms with E-state index in [1.165, 1.54) is 19.2 Å². The van der Waals surface area contributed by atoms with Crippen molar-refractivity contribution in [1.82, 2.24) is 5.32 Å². The predicted molar refractivity (Wildman–Crippen MR) is 47.1 cm³/mol. The van der Waals surface area contributed by atoms with Gasteiger partial charge in [-0.15, -0.1) is 11.3 Å². The SMILES string of the molecule is CNCC(F)(F)c1ccc(Cl)s1. The highest BCUT2D eigenvalue weighted by atomic mass is 35.5. The minimum absolute atomic E-state index is 0.00171. The summed E-state index contributed by atoms with van der Waals surface area (Å²) in [5.74, 6) is -2.81. The van der Waals surface area contributed by atoms with Crippen molar-refractivity contribution in [3.63, 3.8) is 0 Å². The number of alkyl halides is 2. The molecule has 0 amide bonds. The molecule has 0 aliphatic rings. The van der Waals surface area contributed by atoms with Crippen LogP contribution in [0.2, 0.25) is 4.34 Å². The zero-order valence-electron chi connectivity index (χ0n) is 6.40. The lowest BCUT2D eigenvalue weighted by atomic mass is 10.3. The van der Waals surface area contributed by atoms with Gasteiger partial charge >= 0.3 is 0 Å². The summed E-state index contributed by atoms with van der Waals surface area (Å²) in [7, 11) is 1.49. The summed E-state index contributed by atoms with van der Waals surface area (Å²) in [6, 6.07) is 2.83. The van der Waals surface area contributed by atoms with E-state index in [0.717, 1.165) is 11.3 Å². The van der Waals surface area contributed by atoms with Gasteiger partial charge in [0.25, 0.3) is 5.92 Å². The van der Waals surface area contributed by atoms with Crippen molar-refractivity contribution in [2.24, 2.45) is 0 Å². The van der Waals surface area contributed by atoms with Gasteiger partial charge in [-0.25, -0.2) is 0 Å². The first-order chi connectivity index (χ1) is 5.56. The molecule has 1 aromatic rings. The number of nitrogens with one attached hydrogen (secondary N) is 1. The lowest BCUT2D eigenvalue weighted by Crippen LogP contribution is -2.27. The summed E-state index contributed by atoms with van der Waals surface area (Å²) in [4.78, 5) is 0.00171. The second kappa shape index (κ2) is 3.68. The Hall–Kier alpha value is -0.190. The van der Waals surface area contributed by atoms with Gasteiger partial charge in [-0.2, -0.15) is 8.78 Å². The number of rotatable bonds is 3. The molecule has 0 atom stereocenters. The molecule has 0 saturated carbocycles. The summed E-state index contributed by atoms with van der Waals surface area (Å²) >= 11 is 6.44. The fraction of sp³-hybridized carbons (Fsp3) is 0.429. The summed E-state index contributed by atoms with van der Waals surface area (Å²) in [6.07, 6.45) is 0. The zero-order chi connectivity index (χ0) is 9.19. The average molecular weight is 212 g/mol. The van der Waals surface area contributed by atoms with E-state index in [1.807, 2.05) is 0 Å². The maximum Gasteiger partial charge on any atom is 0.294 e. The Morgan fingerprint density at radius 2 is 2.25 bits per heavy atom. The van der Waals surface area contributed by atoms with Gasteiger partial charge in [-0.05, 0) is 19.2 Å². The van der Waals surface area contributed by atoms with Crippen molar-refractivity contribution in [3.8, 4) is 0 Å². The van der Waals surface area contributed by atoms with Crippen LogP contribution in [0.15, 0.2) is 12.1 Å². The van der Waals surface area contributed by atoms with Gasteiger partial charge in [-0.1, -0.05) is 11.6 Å². The van der Waals surface area contributed by atoms with Crippen molar-refractivity contribution in [2.75, 3.05) is 13.6 Å². The van der Waals surface area contributed by atoms with E-state index in [0.29, 0.717) is 4.34 Å². The number of hydrogen-bond acceptors (Lipinski definition) is 2. The van der Waals surface area contributed by atoms with Crippen molar-refractivity contribution in [2.45, 2.75) is 5.92 Å². The number of likely N-dealkylation sites (N-methyl/N-ethyl adjacent to an activating group) is 1. The third-order valence-electron chi connectivity index (χ3n) is 1.33. The van der Waals surface area contributed by atoms with E-state index < -0.39 is 5.92 Å². The molecular formula is C7H8ClF2NS. The van der Waals surface area contributed by atoms with Gasteiger partial charge in [0.15, 0.2) is 0 Å². The molecular weight excluding hydrogens is 204 g/mol. The third-order valence-corrected chi connectivity index (χ3v) is 2.68. The standard InChI is InChI=1S/C7H8ClF2NS/c1-11-4-7(9,10)5-2-3-6(8)12-5/h2-3,11H,4H2,1H3. The van der Waals surface area contributed by atoms with Gasteiger partial charge < -0.3 is 5.32 Å². The minimum atomic E-state index is -2.81. The topological polar surface area (TPSA) is 12.0 Å². The lowest BCUT2D eigenvalue weighted by molar-refractivity contribution is 0.00263. The average Bonchev–Trinajstić information content (AvgIpc) is 2.36. The third kappa shape index (κ3) is 2.15. The molecule has 0 bridgehead atoms. The van der Waals surface area contributed by atoms with Gasteiger partial charge in [0.05, 0.1) is 15.8 Å². The Morgan fingerprint density at radius 3 is 2.67 bits per heavy atom. The molecule has 0 aliphatic heterocycles. The summed E-state index contributed by atoms with van der Waals surface area (Å²) < 4.78 is 26.5. The smallest absolute Gasteiger partial charge is 0.294 e. The predicted octanol–water partition coefficient (Wildman–Crippen LogP) is 2.71. The molecule has 0 spiro atoms. The van der Waals surface area contributed by atoms with Gasteiger partial charge in [0, 0.05) is 0 Å². The van der Waals surface area contributed by atoms with E-state index in [9.17, 15) is 8.78 Å². The molecule has 0 saturated heterocycles. The maximum absolute atomic E-state index is 13.1. The second-order valence-electron chi connectivity index (χ2n) is 2.34. The molecule has 68 valence electrons. The van der Waals surface area contributed by atoms with Crippen LogP contribution in [-0.4, -0.2) is 13.6 Å². The molecule has 5 heteroatoms. The Kier molecular flexibility index (Phi) is 3.04. The summed E-state index contributed by atoms with van der Waals surface area (Å²) in [6.45, 7) is -0.357. The van der Waals surface area contributed by atoms with Gasteiger partial charge in [0.2, 0.25) is 0 Å². The zero-order valence-corrected chi connectivity index (χ0v) is 7.98. The minimum Gasteiger partial charge on any atom is -0.314 e. The Balaban J connectivity index is 2.81. The Morgan fingerprint density at radius 1 is 1.58 bits per heavy atom. The first kappa shape index (κ1) is 9.89. The molecule has 0 fully saturated rings. The van der Waals surface area contributed by atoms with Crippen molar-refractivity contribution in [3.05, 3.63) is 21.3 Å². The summed E-state index contributed by atoms with van der Waals surface area (Å²) in [5.41, 5.74) is 0. The van der Waals surface area contributed by atoms with Crippen LogP contribution in [-0.2, 0) is 5.92 Å². The van der Waals surface area contributed by atoms with Crippen LogP contribution in [0.3, 0.4) is 0 Å². The molecule has 12 heavy (non-hydrogen) atoms. The van der Waals surface area contributed by atoms with Crippen LogP contribution in [0.1, 0.15) is 4.88 Å². The van der Waals surface area contributed by atoms with Crippen LogP contribution in [0.4, 0.5) is 8.78 Å². The van der Waals surface area contributed by atoms with Crippen LogP contribution in [0.25, 0.3) is 0 Å². The van der Waals surface area contributed by atoms with E-state index in [-0.39, 0.29) is 11.4 Å². The molecule has 0 aromatic carbocycles. The highest BCUT2D eigenvalue weighted by Crippen LogP contribution is 2.34. The summed E-state index contributed by atoms with van der Waals surface area (Å²) in [5, 5.41) is 2.43. The molecule has 0 unspecified atom stereocenters. The van der Waals surface area contributed by atoms with Gasteiger partial charge in [-0.3, -0.25) is 0 Å². The highest BCUT2D eigenvalue weighted by Gasteiger charge is 2.32. The van der Waals surface area contributed by atoms with E-state index in [1.54, 1.807) is 0 Å². The molecule has 1 N–H and O–H groups in total. The fourth-order valence-electron chi connectivity index (χ4n) is 0.820. The second-order valence-corrected chi connectivity index (χ2v) is 4.05. The van der Waals surface area contributed by atoms with Crippen LogP contribution >= 0.6 is 22.9 Å². The number of hydrogen-bond donors (Lipinski definition) is 1. The molecule has 1 rings (SSSR count). The van der Waals surface area contributed by atoms with E-state index in [4.69, 9.17) is 11.6 Å². The molecule has 0 radical (unpaired) electrons. The van der Waals surface area contributed by atoms with E-state index in [2.05, 4.69) is 5.32 Å². The van der Waals surface area contributed by atoms with Crippen LogP contribution in [0.5, 0.6) is 0 Å². The van der Waals surface area contributed by atoms with Crippen LogP contribution in [0, 0.1) is 0 Å². The normalized spacial score (nSPS) is 12.0. The van der Waals surface area contributed by atoms with Crippen molar-refractivity contribution >= 4 is 22.9 Å². The van der Waals surface area contributed by atoms with E-state index >= 15 is 0 Å². The number of halogens is 3. The first-order valence-corrected chi connectivity index (χ1v) is 4.54. The Labute approximate surface area is 78.4 Å². The monoisotopic (exact) mass is 211 g/mol. The van der Waals surface area contributed by atoms with Crippen molar-refractivity contribution in [1.29, 1.82) is 0 Å². The molecule has 1 nitrogen and oxygen atoms in total. The number of thiophene rings is 1. The fourth-order valence-corrected chi connectivity index (χ4v) is 1.84. The lowest BCUT2D eigenvalue weighted by Gasteiger charge is -2.12. The quantitative estimate of drug-likeness (QED) is 0.811. The van der Waals surface area contributed by atoms with Crippen LogP contribution < -0.4 is 5.32 Å². The molecule has 1 aromatic heterocycles. The maximum atomic E-state index is 13.1. The van der Waals surface area contributed by atoms with Gasteiger partial charge in [0.1, 0.15) is 0 Å².